The summed E-state index contributed by atoms with van der Waals surface area (Å²) in [4.78, 5) is 33.8. The first-order valence-corrected chi connectivity index (χ1v) is 14.5. The first-order valence-electron chi connectivity index (χ1n) is 14.5. The number of methoxy groups -OCH3 is 1. The molecule has 2 heterocycles. The Morgan fingerprint density at radius 2 is 1.52 bits per heavy atom. The summed E-state index contributed by atoms with van der Waals surface area (Å²) in [5.74, 6) is -0.326. The van der Waals surface area contributed by atoms with E-state index in [0.29, 0.717) is 24.4 Å². The predicted octanol–water partition coefficient (Wildman–Crippen LogP) is 4.24. The molecular formula is C35H35FN3O3+. The number of amides is 2. The van der Waals surface area contributed by atoms with Gasteiger partial charge in [0.1, 0.15) is 18.1 Å². The fourth-order valence-corrected chi connectivity index (χ4v) is 6.29. The van der Waals surface area contributed by atoms with Crippen molar-refractivity contribution in [3.8, 4) is 5.75 Å². The summed E-state index contributed by atoms with van der Waals surface area (Å²) in [5, 5.41) is 0. The third kappa shape index (κ3) is 5.65. The van der Waals surface area contributed by atoms with Crippen LogP contribution in [-0.2, 0) is 17.9 Å². The SMILES string of the molecule is COc1ccc(C2C(C(=O)N3CC[NH+](Cc4ccccc4)CC3)c3ccccc3C(=O)N2Cc2ccc(F)cc2)cc1. The maximum atomic E-state index is 14.5. The number of hydrogen-bond donors (Lipinski definition) is 1. The molecule has 2 amide bonds. The van der Waals surface area contributed by atoms with E-state index in [1.165, 1.54) is 22.6 Å². The van der Waals surface area contributed by atoms with Gasteiger partial charge in [-0.15, -0.1) is 0 Å². The van der Waals surface area contributed by atoms with Gasteiger partial charge in [-0.05, 0) is 47.0 Å². The van der Waals surface area contributed by atoms with Gasteiger partial charge in [-0.3, -0.25) is 9.59 Å². The molecule has 4 aromatic carbocycles. The second-order valence-electron chi connectivity index (χ2n) is 11.1. The van der Waals surface area contributed by atoms with E-state index >= 15 is 0 Å². The maximum absolute atomic E-state index is 14.5. The van der Waals surface area contributed by atoms with Crippen LogP contribution in [0.2, 0.25) is 0 Å². The van der Waals surface area contributed by atoms with Gasteiger partial charge in [0.25, 0.3) is 5.91 Å². The van der Waals surface area contributed by atoms with Crippen LogP contribution in [0.25, 0.3) is 0 Å². The van der Waals surface area contributed by atoms with Crippen LogP contribution < -0.4 is 9.64 Å². The topological polar surface area (TPSA) is 54.3 Å². The molecule has 1 fully saturated rings. The molecule has 1 saturated heterocycles. The Kier molecular flexibility index (Phi) is 8.02. The number of carbonyl (C=O) groups is 2. The van der Waals surface area contributed by atoms with Crippen molar-refractivity contribution in [1.82, 2.24) is 9.80 Å². The van der Waals surface area contributed by atoms with Crippen LogP contribution in [0.4, 0.5) is 4.39 Å². The number of nitrogens with zero attached hydrogens (tertiary/aromatic N) is 2. The third-order valence-corrected chi connectivity index (χ3v) is 8.51. The van der Waals surface area contributed by atoms with Crippen LogP contribution >= 0.6 is 0 Å². The van der Waals surface area contributed by atoms with Crippen LogP contribution in [0, 0.1) is 5.82 Å². The number of carbonyl (C=O) groups excluding carboxylic acids is 2. The highest BCUT2D eigenvalue weighted by molar-refractivity contribution is 6.01. The monoisotopic (exact) mass is 564 g/mol. The van der Waals surface area contributed by atoms with Crippen molar-refractivity contribution >= 4 is 11.8 Å². The highest BCUT2D eigenvalue weighted by Crippen LogP contribution is 2.44. The standard InChI is InChI=1S/C35H34FN3O3/c1-42-29-17-13-27(14-18-29)33-32(35(41)38-21-19-37(20-22-38)23-25-7-3-2-4-8-25)30-9-5-6-10-31(30)34(40)39(33)24-26-11-15-28(36)16-12-26/h2-18,32-33H,19-24H2,1H3/p+1. The van der Waals surface area contributed by atoms with Crippen LogP contribution in [0.1, 0.15) is 44.6 Å². The molecule has 2 unspecified atom stereocenters. The van der Waals surface area contributed by atoms with Crippen molar-refractivity contribution in [2.45, 2.75) is 25.0 Å². The molecular weight excluding hydrogens is 529 g/mol. The molecule has 2 aliphatic rings. The lowest BCUT2D eigenvalue weighted by Gasteiger charge is -2.44. The largest absolute Gasteiger partial charge is 0.497 e. The molecule has 0 aliphatic carbocycles. The lowest BCUT2D eigenvalue weighted by Crippen LogP contribution is -3.13. The van der Waals surface area contributed by atoms with Gasteiger partial charge in [0.15, 0.2) is 0 Å². The Bertz CT molecular complexity index is 1530. The van der Waals surface area contributed by atoms with Gasteiger partial charge in [0.05, 0.1) is 45.2 Å². The number of ether oxygens (including phenoxy) is 1. The number of benzene rings is 4. The number of piperazine rings is 1. The van der Waals surface area contributed by atoms with Crippen molar-refractivity contribution in [2.75, 3.05) is 33.3 Å². The average molecular weight is 565 g/mol. The average Bonchev–Trinajstić information content (AvgIpc) is 3.04. The van der Waals surface area contributed by atoms with Crippen LogP contribution in [-0.4, -0.2) is 54.9 Å². The molecule has 0 bridgehead atoms. The summed E-state index contributed by atoms with van der Waals surface area (Å²) in [5.41, 5.74) is 4.24. The predicted molar refractivity (Wildman–Crippen MR) is 159 cm³/mol. The van der Waals surface area contributed by atoms with Crippen LogP contribution in [0.15, 0.2) is 103 Å². The quantitative estimate of drug-likeness (QED) is 0.366. The number of hydrogen-bond acceptors (Lipinski definition) is 3. The Hall–Kier alpha value is -4.49. The van der Waals surface area contributed by atoms with Crippen molar-refractivity contribution in [3.63, 3.8) is 0 Å². The van der Waals surface area contributed by atoms with E-state index in [4.69, 9.17) is 4.74 Å². The van der Waals surface area contributed by atoms with Gasteiger partial charge < -0.3 is 19.4 Å². The van der Waals surface area contributed by atoms with E-state index in [9.17, 15) is 14.0 Å². The normalized spacial score (nSPS) is 19.0. The fraction of sp³-hybridized carbons (Fsp3) is 0.257. The Morgan fingerprint density at radius 3 is 2.21 bits per heavy atom. The van der Waals surface area contributed by atoms with Crippen molar-refractivity contribution in [3.05, 3.63) is 137 Å². The molecule has 42 heavy (non-hydrogen) atoms. The molecule has 2 aliphatic heterocycles. The van der Waals surface area contributed by atoms with Gasteiger partial charge in [-0.25, -0.2) is 4.39 Å². The van der Waals surface area contributed by atoms with E-state index < -0.39 is 12.0 Å². The molecule has 0 spiro atoms. The summed E-state index contributed by atoms with van der Waals surface area (Å²) in [7, 11) is 1.61. The number of nitrogens with one attached hydrogen (secondary N) is 1. The molecule has 214 valence electrons. The molecule has 6 rings (SSSR count). The van der Waals surface area contributed by atoms with E-state index in [-0.39, 0.29) is 24.2 Å². The van der Waals surface area contributed by atoms with Crippen LogP contribution in [0.3, 0.4) is 0 Å². The second kappa shape index (κ2) is 12.2. The maximum Gasteiger partial charge on any atom is 0.255 e. The minimum absolute atomic E-state index is 0.0265. The van der Waals surface area contributed by atoms with Gasteiger partial charge in [0.2, 0.25) is 5.91 Å². The number of halogens is 1. The highest BCUT2D eigenvalue weighted by Gasteiger charge is 2.46. The third-order valence-electron chi connectivity index (χ3n) is 8.51. The van der Waals surface area contributed by atoms with Crippen molar-refractivity contribution in [2.24, 2.45) is 0 Å². The van der Waals surface area contributed by atoms with E-state index in [1.54, 1.807) is 24.1 Å². The Labute approximate surface area is 245 Å². The lowest BCUT2D eigenvalue weighted by atomic mass is 9.78. The van der Waals surface area contributed by atoms with Gasteiger partial charge in [-0.1, -0.05) is 72.8 Å². The summed E-state index contributed by atoms with van der Waals surface area (Å²) in [6.07, 6.45) is 0. The molecule has 7 heteroatoms. The number of quaternary nitrogens is 1. The fourth-order valence-electron chi connectivity index (χ4n) is 6.29. The van der Waals surface area contributed by atoms with E-state index in [2.05, 4.69) is 24.3 Å². The van der Waals surface area contributed by atoms with Crippen molar-refractivity contribution < 1.29 is 23.6 Å². The molecule has 4 aromatic rings. The van der Waals surface area contributed by atoms with Gasteiger partial charge >= 0.3 is 0 Å². The van der Waals surface area contributed by atoms with Gasteiger partial charge in [0, 0.05) is 17.7 Å². The number of fused-ring (bicyclic) bond motifs is 1. The first-order chi connectivity index (χ1) is 20.5. The number of rotatable bonds is 7. The summed E-state index contributed by atoms with van der Waals surface area (Å²) >= 11 is 0. The summed E-state index contributed by atoms with van der Waals surface area (Å²) < 4.78 is 19.1. The second-order valence-corrected chi connectivity index (χ2v) is 11.1. The molecule has 0 aromatic heterocycles. The van der Waals surface area contributed by atoms with E-state index in [0.717, 1.165) is 36.3 Å². The molecule has 0 radical (unpaired) electrons. The van der Waals surface area contributed by atoms with Gasteiger partial charge in [-0.2, -0.15) is 0 Å². The molecule has 0 saturated carbocycles. The highest BCUT2D eigenvalue weighted by atomic mass is 19.1. The molecule has 6 nitrogen and oxygen atoms in total. The minimum atomic E-state index is -0.580. The zero-order valence-electron chi connectivity index (χ0n) is 23.7. The zero-order valence-corrected chi connectivity index (χ0v) is 23.7. The van der Waals surface area contributed by atoms with E-state index in [1.807, 2.05) is 59.5 Å². The first kappa shape index (κ1) is 27.7. The molecule has 2 atom stereocenters. The lowest BCUT2D eigenvalue weighted by molar-refractivity contribution is -0.917. The summed E-state index contributed by atoms with van der Waals surface area (Å²) in [6.45, 7) is 4.22. The minimum Gasteiger partial charge on any atom is -0.497 e. The Balaban J connectivity index is 1.34. The van der Waals surface area contributed by atoms with Crippen molar-refractivity contribution in [1.29, 1.82) is 0 Å². The summed E-state index contributed by atoms with van der Waals surface area (Å²) in [6, 6.07) is 31.2. The van der Waals surface area contributed by atoms with Crippen LogP contribution in [0.5, 0.6) is 5.75 Å². The zero-order chi connectivity index (χ0) is 29.1. The Morgan fingerprint density at radius 1 is 0.857 bits per heavy atom. The smallest absolute Gasteiger partial charge is 0.255 e. The molecule has 1 N–H and O–H groups in total.